The van der Waals surface area contributed by atoms with Crippen LogP contribution in [0.2, 0.25) is 0 Å². The van der Waals surface area contributed by atoms with Gasteiger partial charge < -0.3 is 5.32 Å². The Morgan fingerprint density at radius 3 is 1.74 bits per heavy atom. The summed E-state index contributed by atoms with van der Waals surface area (Å²) < 4.78 is 0. The van der Waals surface area contributed by atoms with Crippen molar-refractivity contribution >= 4 is 0 Å². The summed E-state index contributed by atoms with van der Waals surface area (Å²) in [4.78, 5) is 0. The largest absolute Gasteiger partial charge is 0.307 e. The third-order valence-corrected chi connectivity index (χ3v) is 3.57. The smallest absolute Gasteiger partial charge is 0.0294 e. The first kappa shape index (κ1) is 16.2. The third-order valence-electron chi connectivity index (χ3n) is 3.57. The number of nitrogens with one attached hydrogen (secondary N) is 1. The monoisotopic (exact) mass is 261 g/mol. The van der Waals surface area contributed by atoms with E-state index < -0.39 is 0 Å². The molecule has 108 valence electrons. The Morgan fingerprint density at radius 2 is 1.32 bits per heavy atom. The average Bonchev–Trinajstić information content (AvgIpc) is 2.27. The molecular weight excluding hydrogens is 230 g/mol. The molecule has 0 aromatic heterocycles. The van der Waals surface area contributed by atoms with Gasteiger partial charge in [-0.1, -0.05) is 57.5 Å². The van der Waals surface area contributed by atoms with Gasteiger partial charge in [0.25, 0.3) is 0 Å². The SMILES string of the molecule is Cc1ccc(C(C)NC(CC(C)C)CC(C)C)cc1. The highest BCUT2D eigenvalue weighted by molar-refractivity contribution is 5.23. The van der Waals surface area contributed by atoms with Crippen molar-refractivity contribution in [2.45, 2.75) is 66.5 Å². The van der Waals surface area contributed by atoms with Crippen molar-refractivity contribution in [2.24, 2.45) is 11.8 Å². The lowest BCUT2D eigenvalue weighted by molar-refractivity contribution is 0.335. The van der Waals surface area contributed by atoms with Gasteiger partial charge in [-0.2, -0.15) is 0 Å². The maximum Gasteiger partial charge on any atom is 0.0294 e. The van der Waals surface area contributed by atoms with Gasteiger partial charge in [0.1, 0.15) is 0 Å². The maximum absolute atomic E-state index is 3.82. The number of hydrogen-bond acceptors (Lipinski definition) is 1. The molecule has 1 unspecified atom stereocenters. The van der Waals surface area contributed by atoms with E-state index in [-0.39, 0.29) is 0 Å². The van der Waals surface area contributed by atoms with Crippen LogP contribution in [-0.2, 0) is 0 Å². The number of hydrogen-bond donors (Lipinski definition) is 1. The van der Waals surface area contributed by atoms with E-state index in [1.54, 1.807) is 0 Å². The zero-order chi connectivity index (χ0) is 14.4. The van der Waals surface area contributed by atoms with E-state index in [4.69, 9.17) is 0 Å². The first-order valence-corrected chi connectivity index (χ1v) is 7.71. The molecule has 1 heteroatoms. The van der Waals surface area contributed by atoms with Gasteiger partial charge in [-0.05, 0) is 44.1 Å². The van der Waals surface area contributed by atoms with E-state index in [0.29, 0.717) is 12.1 Å². The Morgan fingerprint density at radius 1 is 0.842 bits per heavy atom. The highest BCUT2D eigenvalue weighted by Crippen LogP contribution is 2.19. The summed E-state index contributed by atoms with van der Waals surface area (Å²) in [7, 11) is 0. The second kappa shape index (κ2) is 7.69. The summed E-state index contributed by atoms with van der Waals surface area (Å²) in [6.45, 7) is 13.7. The molecule has 0 saturated heterocycles. The van der Waals surface area contributed by atoms with Gasteiger partial charge in [0.05, 0.1) is 0 Å². The summed E-state index contributed by atoms with van der Waals surface area (Å²) in [6, 6.07) is 9.95. The van der Waals surface area contributed by atoms with Gasteiger partial charge in [-0.25, -0.2) is 0 Å². The Balaban J connectivity index is 2.63. The molecule has 0 amide bonds. The number of rotatable bonds is 7. The predicted molar refractivity (Wildman–Crippen MR) is 85.4 cm³/mol. The fourth-order valence-corrected chi connectivity index (χ4v) is 2.68. The molecule has 19 heavy (non-hydrogen) atoms. The molecule has 1 nitrogen and oxygen atoms in total. The van der Waals surface area contributed by atoms with Crippen LogP contribution in [0.1, 0.15) is 64.6 Å². The molecule has 1 N–H and O–H groups in total. The normalized spacial score (nSPS) is 13.5. The van der Waals surface area contributed by atoms with Gasteiger partial charge in [-0.15, -0.1) is 0 Å². The first-order chi connectivity index (χ1) is 8.88. The fraction of sp³-hybridized carbons (Fsp3) is 0.667. The van der Waals surface area contributed by atoms with Crippen LogP contribution in [0.3, 0.4) is 0 Å². The molecule has 0 saturated carbocycles. The van der Waals surface area contributed by atoms with Gasteiger partial charge in [-0.3, -0.25) is 0 Å². The van der Waals surface area contributed by atoms with E-state index >= 15 is 0 Å². The number of benzene rings is 1. The van der Waals surface area contributed by atoms with Crippen LogP contribution in [0.25, 0.3) is 0 Å². The quantitative estimate of drug-likeness (QED) is 0.719. The summed E-state index contributed by atoms with van der Waals surface area (Å²) in [5.41, 5.74) is 2.72. The Kier molecular flexibility index (Phi) is 6.57. The molecule has 1 rings (SSSR count). The van der Waals surface area contributed by atoms with Gasteiger partial charge >= 0.3 is 0 Å². The van der Waals surface area contributed by atoms with Crippen LogP contribution in [0, 0.1) is 18.8 Å². The van der Waals surface area contributed by atoms with Crippen LogP contribution in [0.4, 0.5) is 0 Å². The van der Waals surface area contributed by atoms with Crippen molar-refractivity contribution in [3.05, 3.63) is 35.4 Å². The molecule has 0 spiro atoms. The van der Waals surface area contributed by atoms with Gasteiger partial charge in [0.15, 0.2) is 0 Å². The summed E-state index contributed by atoms with van der Waals surface area (Å²) in [6.07, 6.45) is 2.52. The Hall–Kier alpha value is -0.820. The summed E-state index contributed by atoms with van der Waals surface area (Å²) in [5, 5.41) is 3.82. The van der Waals surface area contributed by atoms with Crippen molar-refractivity contribution in [2.75, 3.05) is 0 Å². The maximum atomic E-state index is 3.82. The van der Waals surface area contributed by atoms with Crippen LogP contribution in [0.15, 0.2) is 24.3 Å². The fourth-order valence-electron chi connectivity index (χ4n) is 2.68. The molecule has 0 aliphatic heterocycles. The molecule has 0 radical (unpaired) electrons. The van der Waals surface area contributed by atoms with E-state index in [1.807, 2.05) is 0 Å². The molecule has 1 aromatic carbocycles. The highest BCUT2D eigenvalue weighted by Gasteiger charge is 2.16. The van der Waals surface area contributed by atoms with E-state index in [9.17, 15) is 0 Å². The molecule has 0 aliphatic carbocycles. The molecule has 0 heterocycles. The lowest BCUT2D eigenvalue weighted by Crippen LogP contribution is -2.33. The minimum Gasteiger partial charge on any atom is -0.307 e. The standard InChI is InChI=1S/C18H31N/c1-13(2)11-18(12-14(3)4)19-16(6)17-9-7-15(5)8-10-17/h7-10,13-14,16,18-19H,11-12H2,1-6H3. The van der Waals surface area contributed by atoms with Gasteiger partial charge in [0, 0.05) is 12.1 Å². The van der Waals surface area contributed by atoms with Crippen LogP contribution in [0.5, 0.6) is 0 Å². The average molecular weight is 261 g/mol. The highest BCUT2D eigenvalue weighted by atomic mass is 14.9. The zero-order valence-electron chi connectivity index (χ0n) is 13.5. The van der Waals surface area contributed by atoms with Crippen molar-refractivity contribution in [3.63, 3.8) is 0 Å². The van der Waals surface area contributed by atoms with Crippen molar-refractivity contribution in [1.29, 1.82) is 0 Å². The Bertz CT molecular complexity index is 340. The number of aryl methyl sites for hydroxylation is 1. The summed E-state index contributed by atoms with van der Waals surface area (Å²) in [5.74, 6) is 1.50. The van der Waals surface area contributed by atoms with E-state index in [2.05, 4.69) is 71.1 Å². The summed E-state index contributed by atoms with van der Waals surface area (Å²) >= 11 is 0. The van der Waals surface area contributed by atoms with Crippen molar-refractivity contribution in [3.8, 4) is 0 Å². The van der Waals surface area contributed by atoms with Gasteiger partial charge in [0.2, 0.25) is 0 Å². The Labute approximate surface area is 119 Å². The topological polar surface area (TPSA) is 12.0 Å². The first-order valence-electron chi connectivity index (χ1n) is 7.71. The molecule has 1 atom stereocenters. The third kappa shape index (κ3) is 6.24. The zero-order valence-corrected chi connectivity index (χ0v) is 13.5. The van der Waals surface area contributed by atoms with E-state index in [1.165, 1.54) is 24.0 Å². The molecule has 0 aliphatic rings. The predicted octanol–water partition coefficient (Wildman–Crippen LogP) is 5.11. The molecule has 1 aromatic rings. The molecule has 0 fully saturated rings. The minimum absolute atomic E-state index is 0.433. The lowest BCUT2D eigenvalue weighted by atomic mass is 9.94. The van der Waals surface area contributed by atoms with Crippen molar-refractivity contribution < 1.29 is 0 Å². The van der Waals surface area contributed by atoms with Crippen molar-refractivity contribution in [1.82, 2.24) is 5.32 Å². The minimum atomic E-state index is 0.433. The van der Waals surface area contributed by atoms with E-state index in [0.717, 1.165) is 11.8 Å². The van der Waals surface area contributed by atoms with Crippen LogP contribution >= 0.6 is 0 Å². The molecular formula is C18H31N. The molecule has 0 bridgehead atoms. The van der Waals surface area contributed by atoms with Crippen LogP contribution in [-0.4, -0.2) is 6.04 Å². The second-order valence-corrected chi connectivity index (χ2v) is 6.76. The lowest BCUT2D eigenvalue weighted by Gasteiger charge is -2.26. The second-order valence-electron chi connectivity index (χ2n) is 6.76. The van der Waals surface area contributed by atoms with Crippen LogP contribution < -0.4 is 5.32 Å².